The first-order chi connectivity index (χ1) is 16.9. The lowest BCUT2D eigenvalue weighted by atomic mass is 9.96. The molecule has 1 amide bonds. The number of ketones is 1. The predicted octanol–water partition coefficient (Wildman–Crippen LogP) is 4.56. The molecule has 35 heavy (non-hydrogen) atoms. The third-order valence-electron chi connectivity index (χ3n) is 6.26. The zero-order valence-corrected chi connectivity index (χ0v) is 19.7. The van der Waals surface area contributed by atoms with Gasteiger partial charge in [-0.2, -0.15) is 0 Å². The van der Waals surface area contributed by atoms with Crippen LogP contribution in [0.25, 0.3) is 11.4 Å². The first-order valence-electron chi connectivity index (χ1n) is 11.4. The summed E-state index contributed by atoms with van der Waals surface area (Å²) in [5.74, 6) is -0.571. The average molecular weight is 472 g/mol. The van der Waals surface area contributed by atoms with Gasteiger partial charge in [0, 0.05) is 6.20 Å². The van der Waals surface area contributed by atoms with E-state index in [1.807, 2.05) is 43.5 Å². The number of likely N-dealkylation sites (tertiary alicyclic amines) is 1. The summed E-state index contributed by atoms with van der Waals surface area (Å²) < 4.78 is 12.8. The number of carbonyl (C=O) groups excluding carboxylic acids is 2. The Hall–Kier alpha value is -4.33. The number of imidazole rings is 1. The number of carbonyl (C=O) groups is 2. The van der Waals surface area contributed by atoms with Gasteiger partial charge in [0.1, 0.15) is 22.9 Å². The van der Waals surface area contributed by atoms with Crippen LogP contribution in [0, 0.1) is 13.8 Å². The zero-order chi connectivity index (χ0) is 24.7. The number of aliphatic hydroxyl groups excluding tert-OH is 1. The number of pyridine rings is 1. The maximum atomic E-state index is 13.3. The van der Waals surface area contributed by atoms with Gasteiger partial charge in [-0.3, -0.25) is 9.59 Å². The number of hydrogen-bond donors (Lipinski definition) is 1. The van der Waals surface area contributed by atoms with Crippen molar-refractivity contribution < 1.29 is 23.8 Å². The summed E-state index contributed by atoms with van der Waals surface area (Å²) in [5, 5.41) is 11.5. The van der Waals surface area contributed by atoms with E-state index in [2.05, 4.69) is 4.98 Å². The molecule has 4 heterocycles. The van der Waals surface area contributed by atoms with E-state index >= 15 is 0 Å². The lowest BCUT2D eigenvalue weighted by molar-refractivity contribution is -0.140. The van der Waals surface area contributed by atoms with E-state index in [1.165, 1.54) is 11.2 Å². The van der Waals surface area contributed by atoms with Gasteiger partial charge in [0.2, 0.25) is 0 Å². The highest BCUT2D eigenvalue weighted by molar-refractivity contribution is 6.46. The van der Waals surface area contributed by atoms with Gasteiger partial charge >= 0.3 is 0 Å². The highest BCUT2D eigenvalue weighted by Gasteiger charge is 2.47. The summed E-state index contributed by atoms with van der Waals surface area (Å²) in [7, 11) is 0. The van der Waals surface area contributed by atoms with E-state index in [4.69, 9.17) is 9.15 Å². The lowest BCUT2D eigenvalue weighted by Gasteiger charge is -2.24. The number of aliphatic hydroxyl groups is 1. The zero-order valence-electron chi connectivity index (χ0n) is 19.7. The smallest absolute Gasteiger partial charge is 0.296 e. The molecule has 0 aliphatic carbocycles. The van der Waals surface area contributed by atoms with Crippen LogP contribution >= 0.6 is 0 Å². The minimum atomic E-state index is -0.818. The van der Waals surface area contributed by atoms with Gasteiger partial charge in [-0.25, -0.2) is 4.98 Å². The van der Waals surface area contributed by atoms with E-state index in [9.17, 15) is 14.7 Å². The van der Waals surface area contributed by atoms with E-state index in [-0.39, 0.29) is 23.6 Å². The summed E-state index contributed by atoms with van der Waals surface area (Å²) in [6.45, 7) is 6.23. The van der Waals surface area contributed by atoms with Gasteiger partial charge in [-0.05, 0) is 62.2 Å². The van der Waals surface area contributed by atoms with E-state index < -0.39 is 17.7 Å². The number of aryl methyl sites for hydroxylation is 2. The fourth-order valence-corrected chi connectivity index (χ4v) is 4.55. The molecule has 0 bridgehead atoms. The van der Waals surface area contributed by atoms with Crippen LogP contribution in [0.15, 0.2) is 71.0 Å². The number of fused-ring (bicyclic) bond motifs is 1. The minimum absolute atomic E-state index is 0.00475. The molecule has 0 radical (unpaired) electrons. The molecule has 1 N–H and O–H groups in total. The highest BCUT2D eigenvalue weighted by Crippen LogP contribution is 2.41. The van der Waals surface area contributed by atoms with Crippen LogP contribution in [0.2, 0.25) is 0 Å². The molecule has 0 saturated carbocycles. The van der Waals surface area contributed by atoms with Crippen LogP contribution in [0.3, 0.4) is 0 Å². The molecule has 0 spiro atoms. The third kappa shape index (κ3) is 3.77. The summed E-state index contributed by atoms with van der Waals surface area (Å²) >= 11 is 0. The van der Waals surface area contributed by atoms with Crippen molar-refractivity contribution in [1.29, 1.82) is 0 Å². The van der Waals surface area contributed by atoms with Gasteiger partial charge in [-0.1, -0.05) is 18.2 Å². The Morgan fingerprint density at radius 2 is 1.89 bits per heavy atom. The van der Waals surface area contributed by atoms with Crippen molar-refractivity contribution in [3.8, 4) is 5.75 Å². The molecule has 1 atom stereocenters. The molecular weight excluding hydrogens is 446 g/mol. The number of Topliss-reactive ketones (excluding diaryl/α,β-unsaturated/α-hetero) is 1. The molecule has 5 rings (SSSR count). The van der Waals surface area contributed by atoms with Crippen LogP contribution in [-0.2, 0) is 16.1 Å². The SMILES string of the molecule is CCOc1ccc(C2/C(=C(\O)c3nc4c(C)cccn4c3C)C(=O)C(=O)N2Cc2ccco2)cc1. The second kappa shape index (κ2) is 8.79. The molecule has 4 aromatic rings. The fourth-order valence-electron chi connectivity index (χ4n) is 4.55. The Labute approximate surface area is 202 Å². The van der Waals surface area contributed by atoms with Gasteiger partial charge < -0.3 is 23.6 Å². The molecule has 1 unspecified atom stereocenters. The van der Waals surface area contributed by atoms with Crippen LogP contribution in [0.4, 0.5) is 0 Å². The average Bonchev–Trinajstić information content (AvgIpc) is 3.55. The van der Waals surface area contributed by atoms with Crippen LogP contribution in [0.5, 0.6) is 5.75 Å². The number of amides is 1. The van der Waals surface area contributed by atoms with Crippen molar-refractivity contribution in [2.24, 2.45) is 0 Å². The second-order valence-corrected chi connectivity index (χ2v) is 8.44. The largest absolute Gasteiger partial charge is 0.505 e. The molecule has 1 saturated heterocycles. The Kier molecular flexibility index (Phi) is 5.64. The Morgan fingerprint density at radius 3 is 2.54 bits per heavy atom. The Bertz CT molecular complexity index is 1450. The van der Waals surface area contributed by atoms with Crippen LogP contribution in [-0.4, -0.2) is 37.7 Å². The molecule has 1 aliphatic rings. The normalized spacial score (nSPS) is 17.5. The quantitative estimate of drug-likeness (QED) is 0.251. The number of furan rings is 1. The molecule has 1 aliphatic heterocycles. The standard InChI is InChI=1S/C27H25N3O5/c1-4-34-19-11-9-18(10-12-19)23-21(25(32)27(33)30(23)15-20-8-6-14-35-20)24(31)22-17(3)29-13-5-7-16(2)26(29)28-22/h5-14,23,31H,4,15H2,1-3H3/b24-21+. The maximum Gasteiger partial charge on any atom is 0.296 e. The van der Waals surface area contributed by atoms with Gasteiger partial charge in [0.25, 0.3) is 11.7 Å². The number of aromatic nitrogens is 2. The molecule has 8 nitrogen and oxygen atoms in total. The van der Waals surface area contributed by atoms with E-state index in [0.29, 0.717) is 35.0 Å². The second-order valence-electron chi connectivity index (χ2n) is 8.44. The van der Waals surface area contributed by atoms with E-state index in [0.717, 1.165) is 5.56 Å². The van der Waals surface area contributed by atoms with Crippen LogP contribution in [0.1, 0.15) is 41.2 Å². The molecule has 1 aromatic carbocycles. The first kappa shape index (κ1) is 22.5. The molecule has 8 heteroatoms. The van der Waals surface area contributed by atoms with Crippen molar-refractivity contribution in [3.05, 3.63) is 94.8 Å². The summed E-state index contributed by atoms with van der Waals surface area (Å²) in [6, 6.07) is 13.6. The van der Waals surface area contributed by atoms with Crippen molar-refractivity contribution in [2.45, 2.75) is 33.4 Å². The Balaban J connectivity index is 1.68. The van der Waals surface area contributed by atoms with Gasteiger partial charge in [0.15, 0.2) is 5.76 Å². The molecular formula is C27H25N3O5. The monoisotopic (exact) mass is 471 g/mol. The first-order valence-corrected chi connectivity index (χ1v) is 11.4. The molecule has 3 aromatic heterocycles. The third-order valence-corrected chi connectivity index (χ3v) is 6.26. The maximum absolute atomic E-state index is 13.3. The van der Waals surface area contributed by atoms with Crippen molar-refractivity contribution in [3.63, 3.8) is 0 Å². The number of nitrogens with zero attached hydrogens (tertiary/aromatic N) is 3. The highest BCUT2D eigenvalue weighted by atomic mass is 16.5. The van der Waals surface area contributed by atoms with Crippen molar-refractivity contribution in [2.75, 3.05) is 6.61 Å². The number of hydrogen-bond acceptors (Lipinski definition) is 6. The summed E-state index contributed by atoms with van der Waals surface area (Å²) in [4.78, 5) is 32.5. The van der Waals surface area contributed by atoms with E-state index in [1.54, 1.807) is 36.4 Å². The summed E-state index contributed by atoms with van der Waals surface area (Å²) in [6.07, 6.45) is 3.36. The fraction of sp³-hybridized carbons (Fsp3) is 0.222. The molecule has 1 fully saturated rings. The molecule has 178 valence electrons. The lowest BCUT2D eigenvalue weighted by Crippen LogP contribution is -2.29. The van der Waals surface area contributed by atoms with Crippen molar-refractivity contribution in [1.82, 2.24) is 14.3 Å². The summed E-state index contributed by atoms with van der Waals surface area (Å²) in [5.41, 5.74) is 3.20. The number of benzene rings is 1. The predicted molar refractivity (Wildman–Crippen MR) is 129 cm³/mol. The topological polar surface area (TPSA) is 97.3 Å². The van der Waals surface area contributed by atoms with Gasteiger partial charge in [0.05, 0.1) is 36.7 Å². The van der Waals surface area contributed by atoms with Crippen molar-refractivity contribution >= 4 is 23.1 Å². The van der Waals surface area contributed by atoms with Crippen LogP contribution < -0.4 is 4.74 Å². The van der Waals surface area contributed by atoms with Gasteiger partial charge in [-0.15, -0.1) is 0 Å². The number of rotatable bonds is 6. The Morgan fingerprint density at radius 1 is 1.11 bits per heavy atom. The minimum Gasteiger partial charge on any atom is -0.505 e. The number of ether oxygens (including phenoxy) is 1.